The van der Waals surface area contributed by atoms with Gasteiger partial charge < -0.3 is 9.73 Å². The Kier molecular flexibility index (Phi) is 6.59. The van der Waals surface area contributed by atoms with Crippen LogP contribution in [0, 0.1) is 0 Å². The maximum atomic E-state index is 11.9. The Morgan fingerprint density at radius 1 is 1.00 bits per heavy atom. The van der Waals surface area contributed by atoms with E-state index < -0.39 is 11.8 Å². The first kappa shape index (κ1) is 20.1. The van der Waals surface area contributed by atoms with E-state index >= 15 is 0 Å². The third kappa shape index (κ3) is 5.91. The van der Waals surface area contributed by atoms with Crippen molar-refractivity contribution in [3.05, 3.63) is 60.2 Å². The summed E-state index contributed by atoms with van der Waals surface area (Å²) in [6, 6.07) is 15.5. The van der Waals surface area contributed by atoms with Crippen LogP contribution in [0.4, 0.5) is 5.69 Å². The van der Waals surface area contributed by atoms with Gasteiger partial charge in [-0.25, -0.2) is 0 Å². The first-order valence-electron chi connectivity index (χ1n) is 8.50. The standard InChI is InChI=1S/C19H17N5O4S/c1-12(25)20-15-9-5-8-14(10-15)18-23-24-19(28-18)29-11-16(26)21-22-17(27)13-6-3-2-4-7-13/h2-10H,11H2,1H3,(H,20,25)(H,21,26)(H,22,27). The molecular weight excluding hydrogens is 394 g/mol. The Balaban J connectivity index is 1.51. The highest BCUT2D eigenvalue weighted by molar-refractivity contribution is 7.99. The summed E-state index contributed by atoms with van der Waals surface area (Å²) in [5, 5.41) is 10.7. The van der Waals surface area contributed by atoms with Crippen LogP contribution in [0.5, 0.6) is 0 Å². The molecule has 0 unspecified atom stereocenters. The highest BCUT2D eigenvalue weighted by Crippen LogP contribution is 2.25. The second-order valence-corrected chi connectivity index (χ2v) is 6.72. The Morgan fingerprint density at radius 3 is 2.55 bits per heavy atom. The van der Waals surface area contributed by atoms with E-state index in [0.29, 0.717) is 16.8 Å². The quantitative estimate of drug-likeness (QED) is 0.419. The van der Waals surface area contributed by atoms with E-state index in [4.69, 9.17) is 4.42 Å². The molecule has 3 N–H and O–H groups in total. The van der Waals surface area contributed by atoms with E-state index in [1.165, 1.54) is 6.92 Å². The number of aromatic nitrogens is 2. The van der Waals surface area contributed by atoms with Crippen LogP contribution in [-0.4, -0.2) is 33.7 Å². The van der Waals surface area contributed by atoms with Crippen molar-refractivity contribution in [1.29, 1.82) is 0 Å². The summed E-state index contributed by atoms with van der Waals surface area (Å²) >= 11 is 1.03. The average Bonchev–Trinajstić information content (AvgIpc) is 3.20. The van der Waals surface area contributed by atoms with Crippen LogP contribution in [-0.2, 0) is 9.59 Å². The lowest BCUT2D eigenvalue weighted by atomic mass is 10.2. The molecule has 3 aromatic rings. The summed E-state index contributed by atoms with van der Waals surface area (Å²) < 4.78 is 5.54. The van der Waals surface area contributed by atoms with Gasteiger partial charge in [0.25, 0.3) is 11.1 Å². The predicted octanol–water partition coefficient (Wildman–Crippen LogP) is 2.25. The monoisotopic (exact) mass is 411 g/mol. The molecule has 0 spiro atoms. The molecule has 148 valence electrons. The molecule has 29 heavy (non-hydrogen) atoms. The second kappa shape index (κ2) is 9.51. The number of thioether (sulfide) groups is 1. The van der Waals surface area contributed by atoms with Crippen LogP contribution in [0.1, 0.15) is 17.3 Å². The van der Waals surface area contributed by atoms with Crippen LogP contribution in [0.25, 0.3) is 11.5 Å². The average molecular weight is 411 g/mol. The van der Waals surface area contributed by atoms with Crippen molar-refractivity contribution in [2.24, 2.45) is 0 Å². The molecule has 10 heteroatoms. The molecule has 0 aliphatic heterocycles. The van der Waals surface area contributed by atoms with Gasteiger partial charge in [0, 0.05) is 23.7 Å². The molecular formula is C19H17N5O4S. The smallest absolute Gasteiger partial charge is 0.277 e. The Bertz CT molecular complexity index is 1020. The Hall–Kier alpha value is -3.66. The summed E-state index contributed by atoms with van der Waals surface area (Å²) in [6.45, 7) is 1.42. The number of carbonyl (C=O) groups excluding carboxylic acids is 3. The van der Waals surface area contributed by atoms with Gasteiger partial charge in [0.05, 0.1) is 5.75 Å². The maximum Gasteiger partial charge on any atom is 0.277 e. The zero-order valence-corrected chi connectivity index (χ0v) is 16.2. The fraction of sp³-hybridized carbons (Fsp3) is 0.105. The zero-order valence-electron chi connectivity index (χ0n) is 15.3. The number of amides is 3. The fourth-order valence-electron chi connectivity index (χ4n) is 2.27. The molecule has 0 saturated heterocycles. The number of nitrogens with one attached hydrogen (secondary N) is 3. The van der Waals surface area contributed by atoms with Gasteiger partial charge in [-0.2, -0.15) is 0 Å². The highest BCUT2D eigenvalue weighted by atomic mass is 32.2. The summed E-state index contributed by atoms with van der Waals surface area (Å²) in [5.74, 6) is -0.788. The van der Waals surface area contributed by atoms with Crippen molar-refractivity contribution in [2.45, 2.75) is 12.1 Å². The molecule has 9 nitrogen and oxygen atoms in total. The molecule has 1 heterocycles. The van der Waals surface area contributed by atoms with Crippen molar-refractivity contribution in [3.63, 3.8) is 0 Å². The number of hydrogen-bond acceptors (Lipinski definition) is 7. The maximum absolute atomic E-state index is 11.9. The van der Waals surface area contributed by atoms with E-state index in [-0.39, 0.29) is 22.8 Å². The molecule has 3 rings (SSSR count). The van der Waals surface area contributed by atoms with Gasteiger partial charge >= 0.3 is 0 Å². The molecule has 0 aliphatic rings. The van der Waals surface area contributed by atoms with Crippen LogP contribution in [0.2, 0.25) is 0 Å². The number of rotatable bonds is 6. The number of carbonyl (C=O) groups is 3. The van der Waals surface area contributed by atoms with E-state index in [9.17, 15) is 14.4 Å². The van der Waals surface area contributed by atoms with E-state index in [1.807, 2.05) is 0 Å². The van der Waals surface area contributed by atoms with Gasteiger partial charge in [0.1, 0.15) is 0 Å². The van der Waals surface area contributed by atoms with Gasteiger partial charge in [-0.3, -0.25) is 25.2 Å². The summed E-state index contributed by atoms with van der Waals surface area (Å²) in [6.07, 6.45) is 0. The molecule has 0 bridgehead atoms. The van der Waals surface area contributed by atoms with E-state index in [2.05, 4.69) is 26.4 Å². The third-order valence-corrected chi connectivity index (χ3v) is 4.33. The van der Waals surface area contributed by atoms with Crippen molar-refractivity contribution < 1.29 is 18.8 Å². The number of hydrazine groups is 1. The number of anilines is 1. The minimum atomic E-state index is -0.424. The molecule has 1 aromatic heterocycles. The molecule has 0 atom stereocenters. The van der Waals surface area contributed by atoms with Gasteiger partial charge in [-0.05, 0) is 30.3 Å². The lowest BCUT2D eigenvalue weighted by Crippen LogP contribution is -2.42. The molecule has 0 aliphatic carbocycles. The number of nitrogens with zero attached hydrogens (tertiary/aromatic N) is 2. The Morgan fingerprint density at radius 2 is 1.79 bits per heavy atom. The normalized spacial score (nSPS) is 10.2. The summed E-state index contributed by atoms with van der Waals surface area (Å²) in [4.78, 5) is 34.9. The Labute approximate surface area is 170 Å². The van der Waals surface area contributed by atoms with Crippen molar-refractivity contribution in [2.75, 3.05) is 11.1 Å². The molecule has 2 aromatic carbocycles. The molecule has 0 saturated carbocycles. The fourth-order valence-corrected chi connectivity index (χ4v) is 2.83. The number of benzene rings is 2. The van der Waals surface area contributed by atoms with Gasteiger partial charge in [0.2, 0.25) is 17.7 Å². The lowest BCUT2D eigenvalue weighted by molar-refractivity contribution is -0.119. The molecule has 0 fully saturated rings. The van der Waals surface area contributed by atoms with Crippen LogP contribution in [0.15, 0.2) is 64.2 Å². The first-order chi connectivity index (χ1) is 14.0. The highest BCUT2D eigenvalue weighted by Gasteiger charge is 2.13. The third-order valence-electron chi connectivity index (χ3n) is 3.51. The second-order valence-electron chi connectivity index (χ2n) is 5.79. The van der Waals surface area contributed by atoms with Crippen LogP contribution in [0.3, 0.4) is 0 Å². The van der Waals surface area contributed by atoms with Crippen LogP contribution < -0.4 is 16.2 Å². The molecule has 3 amide bonds. The topological polar surface area (TPSA) is 126 Å². The van der Waals surface area contributed by atoms with Gasteiger partial charge in [0.15, 0.2) is 0 Å². The lowest BCUT2D eigenvalue weighted by Gasteiger charge is -2.06. The number of hydrogen-bond donors (Lipinski definition) is 3. The summed E-state index contributed by atoms with van der Waals surface area (Å²) in [7, 11) is 0. The SMILES string of the molecule is CC(=O)Nc1cccc(-c2nnc(SCC(=O)NNC(=O)c3ccccc3)o2)c1. The van der Waals surface area contributed by atoms with Gasteiger partial charge in [-0.1, -0.05) is 36.0 Å². The predicted molar refractivity (Wildman–Crippen MR) is 107 cm³/mol. The zero-order chi connectivity index (χ0) is 20.6. The summed E-state index contributed by atoms with van der Waals surface area (Å²) in [5.41, 5.74) is 6.34. The van der Waals surface area contributed by atoms with Crippen molar-refractivity contribution >= 4 is 35.2 Å². The van der Waals surface area contributed by atoms with Crippen molar-refractivity contribution in [1.82, 2.24) is 21.0 Å². The molecule has 0 radical (unpaired) electrons. The minimum Gasteiger partial charge on any atom is -0.411 e. The van der Waals surface area contributed by atoms with Crippen LogP contribution >= 0.6 is 11.8 Å². The van der Waals surface area contributed by atoms with E-state index in [0.717, 1.165) is 11.8 Å². The largest absolute Gasteiger partial charge is 0.411 e. The van der Waals surface area contributed by atoms with Gasteiger partial charge in [-0.15, -0.1) is 10.2 Å². The minimum absolute atomic E-state index is 0.0252. The van der Waals surface area contributed by atoms with Crippen molar-refractivity contribution in [3.8, 4) is 11.5 Å². The van der Waals surface area contributed by atoms with E-state index in [1.54, 1.807) is 54.6 Å². The first-order valence-corrected chi connectivity index (χ1v) is 9.48.